The molecule has 2 aromatic carbocycles. The molecule has 5 heteroatoms. The van der Waals surface area contributed by atoms with Crippen molar-refractivity contribution in [3.8, 4) is 5.88 Å². The Labute approximate surface area is 164 Å². The molecule has 1 N–H and O–H groups in total. The Bertz CT molecular complexity index is 853. The molecule has 1 fully saturated rings. The van der Waals surface area contributed by atoms with E-state index in [-0.39, 0.29) is 18.1 Å². The minimum absolute atomic E-state index is 0.126. The Hall–Kier alpha value is -3.18. The van der Waals surface area contributed by atoms with Crippen LogP contribution < -0.4 is 10.1 Å². The SMILES string of the molecule is O=C(Nc1ccc(OC(c2ccccc2)c2ccccc2)nc1)C1CCCO1. The average Bonchev–Trinajstić information content (AvgIpc) is 3.30. The van der Waals surface area contributed by atoms with Crippen molar-refractivity contribution >= 4 is 11.6 Å². The van der Waals surface area contributed by atoms with Gasteiger partial charge < -0.3 is 14.8 Å². The van der Waals surface area contributed by atoms with E-state index in [0.717, 1.165) is 24.0 Å². The number of carbonyl (C=O) groups excluding carboxylic acids is 1. The van der Waals surface area contributed by atoms with Crippen molar-refractivity contribution in [1.29, 1.82) is 0 Å². The maximum Gasteiger partial charge on any atom is 0.253 e. The molecule has 1 aliphatic rings. The molecular weight excluding hydrogens is 352 g/mol. The van der Waals surface area contributed by atoms with E-state index >= 15 is 0 Å². The number of anilines is 1. The summed E-state index contributed by atoms with van der Waals surface area (Å²) in [7, 11) is 0. The third kappa shape index (κ3) is 4.38. The Morgan fingerprint density at radius 2 is 1.68 bits per heavy atom. The second-order valence-corrected chi connectivity index (χ2v) is 6.70. The number of hydrogen-bond acceptors (Lipinski definition) is 4. The summed E-state index contributed by atoms with van der Waals surface area (Å²) in [5.74, 6) is 0.368. The third-order valence-corrected chi connectivity index (χ3v) is 4.67. The highest BCUT2D eigenvalue weighted by Gasteiger charge is 2.23. The van der Waals surface area contributed by atoms with E-state index in [1.807, 2.05) is 60.7 Å². The highest BCUT2D eigenvalue weighted by atomic mass is 16.5. The van der Waals surface area contributed by atoms with E-state index in [1.165, 1.54) is 0 Å². The number of ether oxygens (including phenoxy) is 2. The molecule has 4 rings (SSSR count). The fraction of sp³-hybridized carbons (Fsp3) is 0.217. The first-order valence-electron chi connectivity index (χ1n) is 9.45. The summed E-state index contributed by atoms with van der Waals surface area (Å²) in [6.45, 7) is 0.642. The Morgan fingerprint density at radius 3 is 2.21 bits per heavy atom. The minimum Gasteiger partial charge on any atom is -0.465 e. The van der Waals surface area contributed by atoms with Gasteiger partial charge in [0.1, 0.15) is 6.10 Å². The molecule has 5 nitrogen and oxygen atoms in total. The number of nitrogens with one attached hydrogen (secondary N) is 1. The van der Waals surface area contributed by atoms with Crippen LogP contribution in [0.2, 0.25) is 0 Å². The van der Waals surface area contributed by atoms with Crippen LogP contribution in [0, 0.1) is 0 Å². The molecule has 2 heterocycles. The molecule has 1 saturated heterocycles. The molecule has 28 heavy (non-hydrogen) atoms. The zero-order chi connectivity index (χ0) is 19.2. The molecule has 3 aromatic rings. The van der Waals surface area contributed by atoms with Crippen LogP contribution in [0.25, 0.3) is 0 Å². The van der Waals surface area contributed by atoms with Gasteiger partial charge in [0.2, 0.25) is 5.88 Å². The van der Waals surface area contributed by atoms with Crippen LogP contribution in [0.5, 0.6) is 5.88 Å². The molecule has 0 saturated carbocycles. The van der Waals surface area contributed by atoms with Gasteiger partial charge in [0, 0.05) is 12.7 Å². The number of hydrogen-bond donors (Lipinski definition) is 1. The Balaban J connectivity index is 1.49. The predicted molar refractivity (Wildman–Crippen MR) is 107 cm³/mol. The summed E-state index contributed by atoms with van der Waals surface area (Å²) < 4.78 is 11.6. The first-order chi connectivity index (χ1) is 13.8. The highest BCUT2D eigenvalue weighted by molar-refractivity contribution is 5.94. The van der Waals surface area contributed by atoms with Gasteiger partial charge in [-0.05, 0) is 30.0 Å². The van der Waals surface area contributed by atoms with Crippen LogP contribution in [-0.4, -0.2) is 23.6 Å². The van der Waals surface area contributed by atoms with Crippen molar-refractivity contribution in [2.75, 3.05) is 11.9 Å². The first kappa shape index (κ1) is 18.2. The number of rotatable bonds is 6. The number of carbonyl (C=O) groups is 1. The Morgan fingerprint density at radius 1 is 1.00 bits per heavy atom. The molecule has 0 aliphatic carbocycles. The number of nitrogens with zero attached hydrogens (tertiary/aromatic N) is 1. The van der Waals surface area contributed by atoms with Gasteiger partial charge in [0.15, 0.2) is 6.10 Å². The standard InChI is InChI=1S/C23H22N2O3/c26-23(20-12-7-15-27-20)25-19-13-14-21(24-16-19)28-22(17-8-3-1-4-9-17)18-10-5-2-6-11-18/h1-6,8-11,13-14,16,20,22H,7,12,15H2,(H,25,26). The van der Waals surface area contributed by atoms with E-state index in [9.17, 15) is 4.79 Å². The fourth-order valence-corrected chi connectivity index (χ4v) is 3.24. The van der Waals surface area contributed by atoms with Crippen molar-refractivity contribution in [2.24, 2.45) is 0 Å². The summed E-state index contributed by atoms with van der Waals surface area (Å²) in [6.07, 6.45) is 2.66. The van der Waals surface area contributed by atoms with Crippen molar-refractivity contribution in [3.63, 3.8) is 0 Å². The topological polar surface area (TPSA) is 60.5 Å². The van der Waals surface area contributed by atoms with Gasteiger partial charge in [-0.25, -0.2) is 4.98 Å². The number of aromatic nitrogens is 1. The molecule has 1 unspecified atom stereocenters. The Kier molecular flexibility index (Phi) is 5.64. The quantitative estimate of drug-likeness (QED) is 0.696. The van der Waals surface area contributed by atoms with E-state index in [4.69, 9.17) is 9.47 Å². The molecule has 1 aliphatic heterocycles. The zero-order valence-corrected chi connectivity index (χ0v) is 15.5. The first-order valence-corrected chi connectivity index (χ1v) is 9.45. The summed E-state index contributed by atoms with van der Waals surface area (Å²) in [6, 6.07) is 23.6. The van der Waals surface area contributed by atoms with Crippen LogP contribution in [0.15, 0.2) is 79.0 Å². The lowest BCUT2D eigenvalue weighted by molar-refractivity contribution is -0.124. The minimum atomic E-state index is -0.364. The molecule has 1 amide bonds. The van der Waals surface area contributed by atoms with Crippen LogP contribution in [0.3, 0.4) is 0 Å². The van der Waals surface area contributed by atoms with Crippen LogP contribution in [-0.2, 0) is 9.53 Å². The van der Waals surface area contributed by atoms with Gasteiger partial charge in [0.05, 0.1) is 11.9 Å². The molecule has 1 atom stereocenters. The van der Waals surface area contributed by atoms with Gasteiger partial charge in [0.25, 0.3) is 5.91 Å². The van der Waals surface area contributed by atoms with Crippen molar-refractivity contribution in [2.45, 2.75) is 25.0 Å². The van der Waals surface area contributed by atoms with Gasteiger partial charge in [-0.3, -0.25) is 4.79 Å². The van der Waals surface area contributed by atoms with E-state index < -0.39 is 0 Å². The molecule has 0 radical (unpaired) electrons. The summed E-state index contributed by atoms with van der Waals surface area (Å²) in [5.41, 5.74) is 2.72. The van der Waals surface area contributed by atoms with Crippen molar-refractivity contribution in [3.05, 3.63) is 90.1 Å². The van der Waals surface area contributed by atoms with Crippen LogP contribution in [0.4, 0.5) is 5.69 Å². The van der Waals surface area contributed by atoms with Gasteiger partial charge in [-0.1, -0.05) is 60.7 Å². The second-order valence-electron chi connectivity index (χ2n) is 6.70. The molecule has 0 spiro atoms. The van der Waals surface area contributed by atoms with Crippen LogP contribution in [0.1, 0.15) is 30.1 Å². The third-order valence-electron chi connectivity index (χ3n) is 4.67. The van der Waals surface area contributed by atoms with Crippen molar-refractivity contribution < 1.29 is 14.3 Å². The monoisotopic (exact) mass is 374 g/mol. The average molecular weight is 374 g/mol. The van der Waals surface area contributed by atoms with E-state index in [0.29, 0.717) is 18.2 Å². The van der Waals surface area contributed by atoms with Crippen molar-refractivity contribution in [1.82, 2.24) is 4.98 Å². The number of benzene rings is 2. The summed E-state index contributed by atoms with van der Waals surface area (Å²) >= 11 is 0. The van der Waals surface area contributed by atoms with Gasteiger partial charge >= 0.3 is 0 Å². The molecule has 1 aromatic heterocycles. The second kappa shape index (κ2) is 8.67. The largest absolute Gasteiger partial charge is 0.465 e. The lowest BCUT2D eigenvalue weighted by Gasteiger charge is -2.19. The molecular formula is C23H22N2O3. The lowest BCUT2D eigenvalue weighted by Crippen LogP contribution is -2.26. The highest BCUT2D eigenvalue weighted by Crippen LogP contribution is 2.28. The zero-order valence-electron chi connectivity index (χ0n) is 15.5. The van der Waals surface area contributed by atoms with Gasteiger partial charge in [-0.2, -0.15) is 0 Å². The number of pyridine rings is 1. The maximum absolute atomic E-state index is 12.2. The van der Waals surface area contributed by atoms with E-state index in [1.54, 1.807) is 18.3 Å². The maximum atomic E-state index is 12.2. The summed E-state index contributed by atoms with van der Waals surface area (Å²) in [5, 5.41) is 2.85. The lowest BCUT2D eigenvalue weighted by atomic mass is 10.0. The number of amides is 1. The predicted octanol–water partition coefficient (Wildman–Crippen LogP) is 4.37. The molecule has 142 valence electrons. The molecule has 0 bridgehead atoms. The fourth-order valence-electron chi connectivity index (χ4n) is 3.24. The van der Waals surface area contributed by atoms with Gasteiger partial charge in [-0.15, -0.1) is 0 Å². The van der Waals surface area contributed by atoms with E-state index in [2.05, 4.69) is 10.3 Å². The normalized spacial score (nSPS) is 16.1. The van der Waals surface area contributed by atoms with Crippen LogP contribution >= 0.6 is 0 Å². The summed E-state index contributed by atoms with van der Waals surface area (Å²) in [4.78, 5) is 16.5. The smallest absolute Gasteiger partial charge is 0.253 e.